The quantitative estimate of drug-likeness (QED) is 0.768. The van der Waals surface area contributed by atoms with Crippen molar-refractivity contribution in [3.8, 4) is 5.75 Å². The second-order valence-electron chi connectivity index (χ2n) is 3.90. The molecule has 0 saturated heterocycles. The number of hydrogen-bond donors (Lipinski definition) is 1. The Balaban J connectivity index is 3.10. The first-order chi connectivity index (χ1) is 5.97. The lowest BCUT2D eigenvalue weighted by atomic mass is 9.82. The van der Waals surface area contributed by atoms with Crippen molar-refractivity contribution in [1.82, 2.24) is 0 Å². The van der Waals surface area contributed by atoms with Crippen LogP contribution in [0.25, 0.3) is 0 Å². The molecule has 1 nitrogen and oxygen atoms in total. The van der Waals surface area contributed by atoms with Crippen molar-refractivity contribution >= 4 is 11.6 Å². The van der Waals surface area contributed by atoms with Crippen LogP contribution in [0.4, 0.5) is 0 Å². The van der Waals surface area contributed by atoms with E-state index in [0.29, 0.717) is 5.02 Å². The number of halogens is 1. The second kappa shape index (κ2) is 3.59. The number of phenols is 1. The van der Waals surface area contributed by atoms with Crippen molar-refractivity contribution in [1.29, 1.82) is 0 Å². The van der Waals surface area contributed by atoms with E-state index in [0.717, 1.165) is 12.0 Å². The van der Waals surface area contributed by atoms with Crippen molar-refractivity contribution in [2.75, 3.05) is 0 Å². The Morgan fingerprint density at radius 1 is 1.38 bits per heavy atom. The van der Waals surface area contributed by atoms with Gasteiger partial charge in [0, 0.05) is 0 Å². The summed E-state index contributed by atoms with van der Waals surface area (Å²) in [5.41, 5.74) is 1.22. The average molecular weight is 199 g/mol. The van der Waals surface area contributed by atoms with Gasteiger partial charge in [-0.15, -0.1) is 0 Å². The molecule has 0 heterocycles. The molecule has 0 unspecified atom stereocenters. The minimum Gasteiger partial charge on any atom is -0.506 e. The molecule has 72 valence electrons. The van der Waals surface area contributed by atoms with Crippen molar-refractivity contribution in [3.05, 3.63) is 28.8 Å². The predicted octanol–water partition coefficient (Wildman–Crippen LogP) is 3.73. The number of aromatic hydroxyl groups is 1. The fraction of sp³-hybridized carbons (Fsp3) is 0.455. The van der Waals surface area contributed by atoms with E-state index in [9.17, 15) is 5.11 Å². The van der Waals surface area contributed by atoms with Crippen LogP contribution in [0.2, 0.25) is 5.02 Å². The van der Waals surface area contributed by atoms with E-state index < -0.39 is 0 Å². The van der Waals surface area contributed by atoms with Crippen LogP contribution >= 0.6 is 11.6 Å². The highest BCUT2D eigenvalue weighted by molar-refractivity contribution is 6.32. The van der Waals surface area contributed by atoms with Crippen molar-refractivity contribution in [3.63, 3.8) is 0 Å². The molecule has 0 saturated carbocycles. The van der Waals surface area contributed by atoms with Gasteiger partial charge < -0.3 is 5.11 Å². The van der Waals surface area contributed by atoms with E-state index in [2.05, 4.69) is 20.8 Å². The predicted molar refractivity (Wildman–Crippen MR) is 56.4 cm³/mol. The minimum atomic E-state index is 0.0993. The fourth-order valence-electron chi connectivity index (χ4n) is 1.14. The first-order valence-electron chi connectivity index (χ1n) is 4.46. The molecule has 1 aromatic carbocycles. The molecular weight excluding hydrogens is 184 g/mol. The van der Waals surface area contributed by atoms with Crippen LogP contribution < -0.4 is 0 Å². The highest BCUT2D eigenvalue weighted by Gasteiger charge is 2.18. The van der Waals surface area contributed by atoms with Crippen LogP contribution in [0.1, 0.15) is 32.8 Å². The highest BCUT2D eigenvalue weighted by Crippen LogP contribution is 2.32. The summed E-state index contributed by atoms with van der Waals surface area (Å²) in [5, 5.41) is 9.84. The van der Waals surface area contributed by atoms with Gasteiger partial charge in [0.2, 0.25) is 0 Å². The Morgan fingerprint density at radius 2 is 2.00 bits per heavy atom. The lowest BCUT2D eigenvalue weighted by molar-refractivity contribution is 0.464. The maximum atomic E-state index is 9.43. The fourth-order valence-corrected chi connectivity index (χ4v) is 1.26. The van der Waals surface area contributed by atoms with Crippen LogP contribution in [0.15, 0.2) is 18.2 Å². The van der Waals surface area contributed by atoms with Crippen LogP contribution in [-0.4, -0.2) is 5.11 Å². The molecule has 0 bridgehead atoms. The van der Waals surface area contributed by atoms with Gasteiger partial charge in [-0.3, -0.25) is 0 Å². The molecule has 1 N–H and O–H groups in total. The van der Waals surface area contributed by atoms with Crippen molar-refractivity contribution in [2.24, 2.45) is 0 Å². The van der Waals surface area contributed by atoms with Gasteiger partial charge in [0.1, 0.15) is 5.75 Å². The number of hydrogen-bond acceptors (Lipinski definition) is 1. The molecule has 2 heteroatoms. The summed E-state index contributed by atoms with van der Waals surface area (Å²) in [6.45, 7) is 6.43. The zero-order chi connectivity index (χ0) is 10.1. The van der Waals surface area contributed by atoms with Gasteiger partial charge >= 0.3 is 0 Å². The monoisotopic (exact) mass is 198 g/mol. The lowest BCUT2D eigenvalue weighted by Gasteiger charge is -2.23. The van der Waals surface area contributed by atoms with Crippen LogP contribution in [-0.2, 0) is 5.41 Å². The van der Waals surface area contributed by atoms with Crippen LogP contribution in [0.5, 0.6) is 5.75 Å². The van der Waals surface area contributed by atoms with E-state index in [1.165, 1.54) is 0 Å². The highest BCUT2D eigenvalue weighted by atomic mass is 35.5. The number of benzene rings is 1. The third-order valence-electron chi connectivity index (χ3n) is 2.61. The molecule has 0 atom stereocenters. The third kappa shape index (κ3) is 2.16. The Morgan fingerprint density at radius 3 is 2.46 bits per heavy atom. The maximum absolute atomic E-state index is 9.43. The van der Waals surface area contributed by atoms with Gasteiger partial charge in [-0.2, -0.15) is 0 Å². The molecular formula is C11H15ClO. The molecule has 0 aliphatic heterocycles. The number of rotatable bonds is 2. The van der Waals surface area contributed by atoms with Crippen LogP contribution in [0.3, 0.4) is 0 Å². The second-order valence-corrected chi connectivity index (χ2v) is 4.31. The van der Waals surface area contributed by atoms with Gasteiger partial charge in [0.05, 0.1) is 5.02 Å². The molecule has 0 aliphatic rings. The summed E-state index contributed by atoms with van der Waals surface area (Å²) in [7, 11) is 0. The largest absolute Gasteiger partial charge is 0.506 e. The lowest BCUT2D eigenvalue weighted by Crippen LogP contribution is -2.14. The smallest absolute Gasteiger partial charge is 0.134 e. The molecule has 0 amide bonds. The normalized spacial score (nSPS) is 11.7. The average Bonchev–Trinajstić information content (AvgIpc) is 2.09. The first-order valence-corrected chi connectivity index (χ1v) is 4.84. The molecule has 0 aliphatic carbocycles. The van der Waals surface area contributed by atoms with Crippen molar-refractivity contribution in [2.45, 2.75) is 32.6 Å². The summed E-state index contributed by atoms with van der Waals surface area (Å²) in [6, 6.07) is 5.45. The first kappa shape index (κ1) is 10.4. The van der Waals surface area contributed by atoms with Gasteiger partial charge in [-0.25, -0.2) is 0 Å². The Kier molecular flexibility index (Phi) is 2.87. The summed E-state index contributed by atoms with van der Waals surface area (Å²) in [4.78, 5) is 0. The van der Waals surface area contributed by atoms with E-state index in [-0.39, 0.29) is 11.2 Å². The van der Waals surface area contributed by atoms with Gasteiger partial charge in [0.25, 0.3) is 0 Å². The molecule has 13 heavy (non-hydrogen) atoms. The Hall–Kier alpha value is -0.690. The summed E-state index contributed by atoms with van der Waals surface area (Å²) in [5.74, 6) is 0.167. The zero-order valence-corrected chi connectivity index (χ0v) is 9.02. The molecule has 0 radical (unpaired) electrons. The third-order valence-corrected chi connectivity index (χ3v) is 2.93. The van der Waals surface area contributed by atoms with E-state index >= 15 is 0 Å². The van der Waals surface area contributed by atoms with E-state index in [4.69, 9.17) is 11.6 Å². The molecule has 0 fully saturated rings. The Labute approximate surface area is 84.4 Å². The van der Waals surface area contributed by atoms with Crippen molar-refractivity contribution < 1.29 is 5.11 Å². The maximum Gasteiger partial charge on any atom is 0.134 e. The topological polar surface area (TPSA) is 20.2 Å². The number of phenolic OH excluding ortho intramolecular Hbond substituents is 1. The summed E-state index contributed by atoms with van der Waals surface area (Å²) >= 11 is 5.72. The summed E-state index contributed by atoms with van der Waals surface area (Å²) < 4.78 is 0. The molecule has 0 spiro atoms. The molecule has 1 rings (SSSR count). The van der Waals surface area contributed by atoms with E-state index in [1.54, 1.807) is 12.1 Å². The van der Waals surface area contributed by atoms with Gasteiger partial charge in [-0.1, -0.05) is 38.4 Å². The van der Waals surface area contributed by atoms with Crippen LogP contribution in [0, 0.1) is 0 Å². The van der Waals surface area contributed by atoms with Gasteiger partial charge in [-0.05, 0) is 29.5 Å². The molecule has 0 aromatic heterocycles. The standard InChI is InChI=1S/C11H15ClO/c1-4-11(2,3)8-5-6-9(12)10(13)7-8/h5-7,13H,4H2,1-3H3. The Bertz CT molecular complexity index is 305. The van der Waals surface area contributed by atoms with E-state index in [1.807, 2.05) is 6.07 Å². The SMILES string of the molecule is CCC(C)(C)c1ccc(Cl)c(O)c1. The van der Waals surface area contributed by atoms with Gasteiger partial charge in [0.15, 0.2) is 0 Å². The zero-order valence-electron chi connectivity index (χ0n) is 8.26. The molecule has 1 aromatic rings. The summed E-state index contributed by atoms with van der Waals surface area (Å²) in [6.07, 6.45) is 1.04. The minimum absolute atomic E-state index is 0.0993.